The van der Waals surface area contributed by atoms with E-state index < -0.39 is 11.7 Å². The van der Waals surface area contributed by atoms with Crippen molar-refractivity contribution in [3.63, 3.8) is 0 Å². The lowest BCUT2D eigenvalue weighted by molar-refractivity contribution is 0.0687. The maximum atomic E-state index is 10.3. The van der Waals surface area contributed by atoms with E-state index in [4.69, 9.17) is 21.8 Å². The highest BCUT2D eigenvalue weighted by Crippen LogP contribution is 2.20. The van der Waals surface area contributed by atoms with Gasteiger partial charge in [0, 0.05) is 0 Å². The maximum absolute atomic E-state index is 10.3. The number of carboxylic acids is 1. The normalized spacial score (nSPS) is 9.91. The Balaban J connectivity index is 3.10. The van der Waals surface area contributed by atoms with Gasteiger partial charge in [-0.05, 0) is 0 Å². The molecule has 0 spiro atoms. The van der Waals surface area contributed by atoms with Crippen molar-refractivity contribution in [2.24, 2.45) is 0 Å². The quantitative estimate of drug-likeness (QED) is 0.575. The Labute approximate surface area is 66.6 Å². The van der Waals surface area contributed by atoms with Crippen LogP contribution in [0, 0.1) is 0 Å². The summed E-state index contributed by atoms with van der Waals surface area (Å²) in [6.07, 6.45) is 0. The standard InChI is InChI=1S/C5H5ClN2O3/c6-1-2-4(9)3(5(10)11)8-7-2/h9H,1H2,(H,7,8)(H,10,11). The van der Waals surface area contributed by atoms with E-state index in [1.165, 1.54) is 0 Å². The lowest BCUT2D eigenvalue weighted by Crippen LogP contribution is -1.96. The third-order valence-corrected chi connectivity index (χ3v) is 1.41. The highest BCUT2D eigenvalue weighted by Gasteiger charge is 2.16. The van der Waals surface area contributed by atoms with Gasteiger partial charge in [0.05, 0.1) is 5.88 Å². The highest BCUT2D eigenvalue weighted by molar-refractivity contribution is 6.17. The van der Waals surface area contributed by atoms with E-state index >= 15 is 0 Å². The highest BCUT2D eigenvalue weighted by atomic mass is 35.5. The van der Waals surface area contributed by atoms with Crippen LogP contribution in [-0.4, -0.2) is 26.4 Å². The average molecular weight is 177 g/mol. The maximum Gasteiger partial charge on any atom is 0.357 e. The van der Waals surface area contributed by atoms with Crippen LogP contribution in [0.5, 0.6) is 5.75 Å². The molecule has 0 aliphatic heterocycles. The second-order valence-corrected chi connectivity index (χ2v) is 2.10. The van der Waals surface area contributed by atoms with Crippen molar-refractivity contribution >= 4 is 17.6 Å². The molecule has 0 atom stereocenters. The van der Waals surface area contributed by atoms with Crippen molar-refractivity contribution in [3.8, 4) is 5.75 Å². The number of hydrogen-bond acceptors (Lipinski definition) is 3. The van der Waals surface area contributed by atoms with Crippen molar-refractivity contribution in [3.05, 3.63) is 11.4 Å². The number of halogens is 1. The molecule has 1 aromatic rings. The third kappa shape index (κ3) is 1.27. The zero-order valence-corrected chi connectivity index (χ0v) is 6.09. The first-order valence-corrected chi connectivity index (χ1v) is 3.25. The Hall–Kier alpha value is -1.23. The van der Waals surface area contributed by atoms with Gasteiger partial charge in [-0.3, -0.25) is 5.10 Å². The van der Waals surface area contributed by atoms with E-state index in [0.717, 1.165) is 0 Å². The average Bonchev–Trinajstić information content (AvgIpc) is 2.30. The van der Waals surface area contributed by atoms with Crippen molar-refractivity contribution < 1.29 is 15.0 Å². The molecule has 11 heavy (non-hydrogen) atoms. The van der Waals surface area contributed by atoms with Crippen LogP contribution < -0.4 is 0 Å². The Kier molecular flexibility index (Phi) is 2.00. The Morgan fingerprint density at radius 3 is 2.64 bits per heavy atom. The van der Waals surface area contributed by atoms with Crippen molar-refractivity contribution in [2.75, 3.05) is 0 Å². The smallest absolute Gasteiger partial charge is 0.357 e. The van der Waals surface area contributed by atoms with Crippen molar-refractivity contribution in [1.82, 2.24) is 10.2 Å². The predicted molar refractivity (Wildman–Crippen MR) is 36.8 cm³/mol. The number of hydrogen-bond donors (Lipinski definition) is 3. The molecule has 3 N–H and O–H groups in total. The first-order chi connectivity index (χ1) is 5.16. The van der Waals surface area contributed by atoms with Crippen molar-refractivity contribution in [1.29, 1.82) is 0 Å². The SMILES string of the molecule is O=C(O)c1[nH]nc(CCl)c1O. The fraction of sp³-hybridized carbons (Fsp3) is 0.200. The van der Waals surface area contributed by atoms with Gasteiger partial charge < -0.3 is 10.2 Å². The number of nitrogens with zero attached hydrogens (tertiary/aromatic N) is 1. The molecule has 0 aliphatic rings. The summed E-state index contributed by atoms with van der Waals surface area (Å²) in [6.45, 7) is 0. The van der Waals surface area contributed by atoms with Gasteiger partial charge in [0.1, 0.15) is 5.69 Å². The number of nitrogens with one attached hydrogen (secondary N) is 1. The van der Waals surface area contributed by atoms with E-state index in [1.54, 1.807) is 0 Å². The largest absolute Gasteiger partial charge is 0.504 e. The number of H-pyrrole nitrogens is 1. The fourth-order valence-electron chi connectivity index (χ4n) is 0.616. The summed E-state index contributed by atoms with van der Waals surface area (Å²) in [5.74, 6) is -1.67. The van der Waals surface area contributed by atoms with Gasteiger partial charge in [-0.2, -0.15) is 5.10 Å². The summed E-state index contributed by atoms with van der Waals surface area (Å²) in [4.78, 5) is 10.3. The topological polar surface area (TPSA) is 86.2 Å². The van der Waals surface area contributed by atoms with Gasteiger partial charge in [0.25, 0.3) is 0 Å². The summed E-state index contributed by atoms with van der Waals surface area (Å²) < 4.78 is 0. The molecule has 0 fully saturated rings. The fourth-order valence-corrected chi connectivity index (χ4v) is 0.802. The molecule has 0 aromatic carbocycles. The van der Waals surface area contributed by atoms with Gasteiger partial charge >= 0.3 is 5.97 Å². The lowest BCUT2D eigenvalue weighted by Gasteiger charge is -1.88. The number of rotatable bonds is 2. The summed E-state index contributed by atoms with van der Waals surface area (Å²) in [5.41, 5.74) is -0.190. The summed E-state index contributed by atoms with van der Waals surface area (Å²) in [5, 5.41) is 23.0. The zero-order valence-electron chi connectivity index (χ0n) is 5.33. The van der Waals surface area contributed by atoms with Crippen molar-refractivity contribution in [2.45, 2.75) is 5.88 Å². The molecule has 60 valence electrons. The number of aromatic nitrogens is 2. The van der Waals surface area contributed by atoms with Gasteiger partial charge in [0.15, 0.2) is 11.4 Å². The first-order valence-electron chi connectivity index (χ1n) is 2.72. The minimum atomic E-state index is -1.26. The summed E-state index contributed by atoms with van der Waals surface area (Å²) in [6, 6.07) is 0. The van der Waals surface area contributed by atoms with Gasteiger partial charge in [-0.1, -0.05) is 0 Å². The Morgan fingerprint density at radius 2 is 2.36 bits per heavy atom. The van der Waals surface area contributed by atoms with E-state index in [1.807, 2.05) is 0 Å². The van der Waals surface area contributed by atoms with Gasteiger partial charge in [0.2, 0.25) is 0 Å². The van der Waals surface area contributed by atoms with E-state index in [0.29, 0.717) is 0 Å². The zero-order chi connectivity index (χ0) is 8.43. The minimum Gasteiger partial charge on any atom is -0.504 e. The number of carbonyl (C=O) groups is 1. The summed E-state index contributed by atoms with van der Waals surface area (Å²) in [7, 11) is 0. The predicted octanol–water partition coefficient (Wildman–Crippen LogP) is 0.552. The van der Waals surface area contributed by atoms with E-state index in [9.17, 15) is 4.79 Å². The molecule has 1 heterocycles. The molecule has 0 bridgehead atoms. The molecule has 5 nitrogen and oxygen atoms in total. The van der Waals surface area contributed by atoms with Crippen LogP contribution in [0.2, 0.25) is 0 Å². The Bertz CT molecular complexity index is 283. The molecule has 1 rings (SSSR count). The van der Waals surface area contributed by atoms with Gasteiger partial charge in [-0.15, -0.1) is 11.6 Å². The molecule has 0 saturated carbocycles. The number of aromatic amines is 1. The van der Waals surface area contributed by atoms with Crippen LogP contribution in [0.1, 0.15) is 16.2 Å². The first kappa shape index (κ1) is 7.87. The molecule has 0 radical (unpaired) electrons. The Morgan fingerprint density at radius 1 is 1.73 bits per heavy atom. The molecule has 0 unspecified atom stereocenters. The third-order valence-electron chi connectivity index (χ3n) is 1.15. The number of alkyl halides is 1. The second kappa shape index (κ2) is 2.79. The molecule has 0 aliphatic carbocycles. The van der Waals surface area contributed by atoms with Crippen LogP contribution in [0.25, 0.3) is 0 Å². The van der Waals surface area contributed by atoms with Crippen LogP contribution in [0.4, 0.5) is 0 Å². The van der Waals surface area contributed by atoms with E-state index in [-0.39, 0.29) is 17.3 Å². The number of carboxylic acid groups (broad SMARTS) is 1. The molecule has 0 saturated heterocycles. The van der Waals surface area contributed by atoms with E-state index in [2.05, 4.69) is 10.2 Å². The van der Waals surface area contributed by atoms with Gasteiger partial charge in [-0.25, -0.2) is 4.79 Å². The van der Waals surface area contributed by atoms with Crippen LogP contribution >= 0.6 is 11.6 Å². The van der Waals surface area contributed by atoms with Crippen LogP contribution in [0.3, 0.4) is 0 Å². The van der Waals surface area contributed by atoms with Crippen LogP contribution in [0.15, 0.2) is 0 Å². The molecular formula is C5H5ClN2O3. The molecule has 1 aromatic heterocycles. The molecule has 0 amide bonds. The van der Waals surface area contributed by atoms with Crippen LogP contribution in [-0.2, 0) is 5.88 Å². The molecule has 6 heteroatoms. The second-order valence-electron chi connectivity index (χ2n) is 1.83. The minimum absolute atomic E-state index is 0.0182. The lowest BCUT2D eigenvalue weighted by atomic mass is 10.3. The monoisotopic (exact) mass is 176 g/mol. The number of aromatic hydroxyl groups is 1. The molecular weight excluding hydrogens is 172 g/mol. The number of aromatic carboxylic acids is 1. The summed E-state index contributed by atoms with van der Waals surface area (Å²) >= 11 is 5.31.